The first kappa shape index (κ1) is 20.8. The molecule has 5 rings (SSSR count). The molecule has 0 saturated heterocycles. The van der Waals surface area contributed by atoms with E-state index in [2.05, 4.69) is 4.98 Å². The number of halogens is 3. The number of anilines is 1. The second-order valence-corrected chi connectivity index (χ2v) is 9.60. The highest BCUT2D eigenvalue weighted by Gasteiger charge is 2.53. The topological polar surface area (TPSA) is 59.5 Å². The molecule has 8 heteroatoms. The smallest absolute Gasteiger partial charge is 0.295 e. The number of ketones is 1. The quantitative estimate of drug-likeness (QED) is 0.542. The summed E-state index contributed by atoms with van der Waals surface area (Å²) < 4.78 is 6.16. The molecule has 0 N–H and O–H groups in total. The predicted molar refractivity (Wildman–Crippen MR) is 120 cm³/mol. The van der Waals surface area contributed by atoms with Crippen molar-refractivity contribution in [3.63, 3.8) is 0 Å². The Balaban J connectivity index is 1.67. The number of ether oxygens (including phenoxy) is 1. The lowest BCUT2D eigenvalue weighted by Crippen LogP contribution is -2.41. The van der Waals surface area contributed by atoms with Gasteiger partial charge in [-0.15, -0.1) is 11.6 Å². The molecule has 1 aromatic heterocycles. The highest BCUT2D eigenvalue weighted by atomic mass is 35.5. The van der Waals surface area contributed by atoms with Crippen molar-refractivity contribution in [3.05, 3.63) is 69.0 Å². The fourth-order valence-corrected chi connectivity index (χ4v) is 5.34. The molecule has 0 radical (unpaired) electrons. The molecule has 31 heavy (non-hydrogen) atoms. The number of amides is 1. The molecule has 1 amide bonds. The lowest BCUT2D eigenvalue weighted by Gasteiger charge is -2.37. The summed E-state index contributed by atoms with van der Waals surface area (Å²) in [7, 11) is 0. The molecule has 160 valence electrons. The van der Waals surface area contributed by atoms with E-state index in [4.69, 9.17) is 39.5 Å². The molecule has 1 aliphatic carbocycles. The van der Waals surface area contributed by atoms with Gasteiger partial charge in [-0.25, -0.2) is 4.98 Å². The van der Waals surface area contributed by atoms with Gasteiger partial charge < -0.3 is 4.74 Å². The minimum absolute atomic E-state index is 0.0778. The lowest BCUT2D eigenvalue weighted by molar-refractivity contribution is -0.131. The molecular formula is C23H19Cl3N2O3. The zero-order valence-electron chi connectivity index (χ0n) is 16.6. The number of fused-ring (bicyclic) bond motifs is 1. The molecule has 1 fully saturated rings. The van der Waals surface area contributed by atoms with Crippen LogP contribution in [0.4, 0.5) is 5.82 Å². The maximum Gasteiger partial charge on any atom is 0.295 e. The first-order valence-corrected chi connectivity index (χ1v) is 11.4. The Morgan fingerprint density at radius 3 is 2.65 bits per heavy atom. The number of nitrogens with zero attached hydrogens (tertiary/aromatic N) is 2. The highest BCUT2D eigenvalue weighted by molar-refractivity contribution is 6.42. The summed E-state index contributed by atoms with van der Waals surface area (Å²) in [6, 6.07) is 9.85. The van der Waals surface area contributed by atoms with E-state index in [1.54, 1.807) is 24.3 Å². The lowest BCUT2D eigenvalue weighted by atomic mass is 9.77. The summed E-state index contributed by atoms with van der Waals surface area (Å²) in [5.74, 6) is -0.262. The van der Waals surface area contributed by atoms with E-state index < -0.39 is 6.04 Å². The molecule has 3 heterocycles. The van der Waals surface area contributed by atoms with Crippen LogP contribution in [0, 0.1) is 12.8 Å². The van der Waals surface area contributed by atoms with Gasteiger partial charge in [0.15, 0.2) is 11.5 Å². The zero-order valence-corrected chi connectivity index (χ0v) is 18.9. The second kappa shape index (κ2) is 7.80. The van der Waals surface area contributed by atoms with Crippen LogP contribution in [0.25, 0.3) is 0 Å². The maximum absolute atomic E-state index is 13.7. The number of aryl methyl sites for hydroxylation is 1. The van der Waals surface area contributed by atoms with Crippen molar-refractivity contribution >= 4 is 52.3 Å². The predicted octanol–water partition coefficient (Wildman–Crippen LogP) is 5.41. The van der Waals surface area contributed by atoms with Crippen LogP contribution in [0.2, 0.25) is 10.0 Å². The van der Waals surface area contributed by atoms with Crippen LogP contribution in [0.15, 0.2) is 47.7 Å². The van der Waals surface area contributed by atoms with Crippen molar-refractivity contribution in [1.29, 1.82) is 0 Å². The van der Waals surface area contributed by atoms with Gasteiger partial charge in [0, 0.05) is 11.1 Å². The monoisotopic (exact) mass is 476 g/mol. The van der Waals surface area contributed by atoms with Crippen molar-refractivity contribution in [1.82, 2.24) is 4.98 Å². The fraction of sp³-hybridized carbons (Fsp3) is 0.348. The molecule has 4 unspecified atom stereocenters. The van der Waals surface area contributed by atoms with E-state index in [9.17, 15) is 9.59 Å². The van der Waals surface area contributed by atoms with Crippen LogP contribution < -0.4 is 4.90 Å². The van der Waals surface area contributed by atoms with Crippen molar-refractivity contribution in [2.24, 2.45) is 5.92 Å². The SMILES string of the molecule is Cc1cccc(N2C(=O)C3=C(C(=O)C4CC(Cl)CCC4O3)C2c2ccc(Cl)c(Cl)c2)n1. The molecule has 0 bridgehead atoms. The van der Waals surface area contributed by atoms with Crippen molar-refractivity contribution in [2.75, 3.05) is 4.90 Å². The maximum atomic E-state index is 13.7. The Labute approximate surface area is 194 Å². The minimum Gasteiger partial charge on any atom is -0.483 e. The molecular weight excluding hydrogens is 459 g/mol. The number of alkyl halides is 1. The largest absolute Gasteiger partial charge is 0.483 e. The first-order chi connectivity index (χ1) is 14.8. The van der Waals surface area contributed by atoms with E-state index in [1.807, 2.05) is 19.1 Å². The van der Waals surface area contributed by atoms with Gasteiger partial charge in [-0.05, 0) is 56.0 Å². The van der Waals surface area contributed by atoms with E-state index in [0.717, 1.165) is 12.1 Å². The van der Waals surface area contributed by atoms with Crippen LogP contribution in [-0.2, 0) is 14.3 Å². The third-order valence-electron chi connectivity index (χ3n) is 6.16. The Hall–Kier alpha value is -2.08. The third-order valence-corrected chi connectivity index (χ3v) is 7.30. The average molecular weight is 478 g/mol. The van der Waals surface area contributed by atoms with Crippen LogP contribution in [0.1, 0.15) is 36.6 Å². The van der Waals surface area contributed by atoms with E-state index in [-0.39, 0.29) is 34.8 Å². The number of benzene rings is 1. The Bertz CT molecular complexity index is 1130. The number of rotatable bonds is 2. The summed E-state index contributed by atoms with van der Waals surface area (Å²) in [5, 5.41) is 0.664. The molecule has 2 aliphatic heterocycles. The van der Waals surface area contributed by atoms with Gasteiger partial charge in [0.25, 0.3) is 5.91 Å². The van der Waals surface area contributed by atoms with E-state index in [0.29, 0.717) is 39.8 Å². The van der Waals surface area contributed by atoms with Crippen LogP contribution >= 0.6 is 34.8 Å². The highest BCUT2D eigenvalue weighted by Crippen LogP contribution is 2.48. The summed E-state index contributed by atoms with van der Waals surface area (Å²) >= 11 is 18.8. The third kappa shape index (κ3) is 3.43. The molecule has 2 aromatic rings. The summed E-state index contributed by atoms with van der Waals surface area (Å²) in [6.07, 6.45) is 1.61. The Morgan fingerprint density at radius 1 is 1.10 bits per heavy atom. The molecule has 0 spiro atoms. The number of hydrogen-bond donors (Lipinski definition) is 0. The standard InChI is InChI=1S/C23H19Cl3N2O3/c1-11-3-2-4-18(27-11)28-20(12-5-7-15(25)16(26)9-12)19-21(29)14-10-13(24)6-8-17(14)31-22(19)23(28)30/h2-5,7,9,13-14,17,20H,6,8,10H2,1H3. The molecule has 1 aromatic carbocycles. The van der Waals surface area contributed by atoms with Gasteiger partial charge in [0.05, 0.1) is 27.6 Å². The van der Waals surface area contributed by atoms with Crippen molar-refractivity contribution < 1.29 is 14.3 Å². The van der Waals surface area contributed by atoms with Gasteiger partial charge in [-0.1, -0.05) is 35.3 Å². The Kier molecular flexibility index (Phi) is 5.24. The van der Waals surface area contributed by atoms with Crippen LogP contribution in [0.5, 0.6) is 0 Å². The van der Waals surface area contributed by atoms with Crippen LogP contribution in [-0.4, -0.2) is 28.2 Å². The summed E-state index contributed by atoms with van der Waals surface area (Å²) in [5.41, 5.74) is 1.78. The summed E-state index contributed by atoms with van der Waals surface area (Å²) in [4.78, 5) is 33.3. The average Bonchev–Trinajstić information content (AvgIpc) is 3.03. The van der Waals surface area contributed by atoms with Gasteiger partial charge in [0.2, 0.25) is 0 Å². The van der Waals surface area contributed by atoms with E-state index in [1.165, 1.54) is 4.90 Å². The zero-order chi connectivity index (χ0) is 21.9. The number of carbonyl (C=O) groups is 2. The number of Topliss-reactive ketones (excluding diaryl/α,β-unsaturated/α-hetero) is 1. The van der Waals surface area contributed by atoms with Crippen LogP contribution in [0.3, 0.4) is 0 Å². The van der Waals surface area contributed by atoms with Gasteiger partial charge in [0.1, 0.15) is 11.9 Å². The number of hydrogen-bond acceptors (Lipinski definition) is 4. The molecule has 5 nitrogen and oxygen atoms in total. The van der Waals surface area contributed by atoms with Crippen molar-refractivity contribution in [2.45, 2.75) is 43.7 Å². The number of carbonyl (C=O) groups excluding carboxylic acids is 2. The first-order valence-electron chi connectivity index (χ1n) is 10.2. The van der Waals surface area contributed by atoms with Gasteiger partial charge >= 0.3 is 0 Å². The second-order valence-electron chi connectivity index (χ2n) is 8.17. The Morgan fingerprint density at radius 2 is 1.90 bits per heavy atom. The molecule has 3 aliphatic rings. The van der Waals surface area contributed by atoms with Gasteiger partial charge in [-0.3, -0.25) is 14.5 Å². The van der Waals surface area contributed by atoms with E-state index >= 15 is 0 Å². The minimum atomic E-state index is -0.698. The normalized spacial score (nSPS) is 27.8. The number of aromatic nitrogens is 1. The summed E-state index contributed by atoms with van der Waals surface area (Å²) in [6.45, 7) is 1.85. The molecule has 1 saturated carbocycles. The number of pyridine rings is 1. The fourth-order valence-electron chi connectivity index (χ4n) is 4.71. The molecule has 4 atom stereocenters. The van der Waals surface area contributed by atoms with Gasteiger partial charge in [-0.2, -0.15) is 0 Å². The van der Waals surface area contributed by atoms with Crippen molar-refractivity contribution in [3.8, 4) is 0 Å².